The molecule has 0 aliphatic heterocycles. The minimum Gasteiger partial charge on any atom is -0.496 e. The van der Waals surface area contributed by atoms with Gasteiger partial charge in [0.1, 0.15) is 11.6 Å². The van der Waals surface area contributed by atoms with Crippen LogP contribution in [0.4, 0.5) is 5.82 Å². The van der Waals surface area contributed by atoms with Crippen molar-refractivity contribution in [2.24, 2.45) is 0 Å². The van der Waals surface area contributed by atoms with Crippen molar-refractivity contribution in [1.29, 1.82) is 0 Å². The molecule has 0 amide bonds. The number of rotatable bonds is 6. The Morgan fingerprint density at radius 3 is 2.83 bits per heavy atom. The summed E-state index contributed by atoms with van der Waals surface area (Å²) < 4.78 is 7.34. The molecule has 0 fully saturated rings. The number of nitrogens with zero attached hydrogens (tertiary/aromatic N) is 3. The first kappa shape index (κ1) is 15.3. The molecule has 0 atom stereocenters. The predicted molar refractivity (Wildman–Crippen MR) is 93.1 cm³/mol. The normalized spacial score (nSPS) is 10.9. The molecule has 0 saturated heterocycles. The Morgan fingerprint density at radius 1 is 1.22 bits per heavy atom. The topological polar surface area (TPSA) is 51.5 Å². The first-order chi connectivity index (χ1) is 11.2. The van der Waals surface area contributed by atoms with Gasteiger partial charge in [0.15, 0.2) is 5.65 Å². The summed E-state index contributed by atoms with van der Waals surface area (Å²) in [7, 11) is 1.68. The van der Waals surface area contributed by atoms with E-state index in [1.165, 1.54) is 0 Å². The van der Waals surface area contributed by atoms with Crippen molar-refractivity contribution in [3.63, 3.8) is 0 Å². The fourth-order valence-electron chi connectivity index (χ4n) is 2.66. The Labute approximate surface area is 136 Å². The SMILES string of the molecule is CCCCNc1cc(C)nc2c(-c3ccccc3OC)cnn12. The van der Waals surface area contributed by atoms with Gasteiger partial charge in [0.2, 0.25) is 0 Å². The van der Waals surface area contributed by atoms with Gasteiger partial charge >= 0.3 is 0 Å². The second-order valence-corrected chi connectivity index (χ2v) is 5.56. The number of fused-ring (bicyclic) bond motifs is 1. The molecule has 0 saturated carbocycles. The molecule has 5 heteroatoms. The fourth-order valence-corrected chi connectivity index (χ4v) is 2.66. The number of unbranched alkanes of at least 4 members (excludes halogenated alkanes) is 1. The van der Waals surface area contributed by atoms with E-state index in [0.717, 1.165) is 53.4 Å². The van der Waals surface area contributed by atoms with E-state index >= 15 is 0 Å². The van der Waals surface area contributed by atoms with Crippen LogP contribution in [0.15, 0.2) is 36.5 Å². The van der Waals surface area contributed by atoms with E-state index in [-0.39, 0.29) is 0 Å². The molecule has 0 spiro atoms. The van der Waals surface area contributed by atoms with Crippen molar-refractivity contribution in [2.75, 3.05) is 19.0 Å². The summed E-state index contributed by atoms with van der Waals surface area (Å²) in [6.07, 6.45) is 4.14. The van der Waals surface area contributed by atoms with E-state index in [2.05, 4.69) is 22.3 Å². The standard InChI is InChI=1S/C18H22N4O/c1-4-5-10-19-17-11-13(2)21-18-15(12-20-22(17)18)14-8-6-7-9-16(14)23-3/h6-9,11-12,19H,4-5,10H2,1-3H3. The Kier molecular flexibility index (Phi) is 4.46. The smallest absolute Gasteiger partial charge is 0.165 e. The molecule has 3 aromatic rings. The highest BCUT2D eigenvalue weighted by Gasteiger charge is 2.14. The Morgan fingerprint density at radius 2 is 2.04 bits per heavy atom. The largest absolute Gasteiger partial charge is 0.496 e. The van der Waals surface area contributed by atoms with Crippen molar-refractivity contribution >= 4 is 11.5 Å². The molecule has 2 aromatic heterocycles. The first-order valence-corrected chi connectivity index (χ1v) is 7.97. The summed E-state index contributed by atoms with van der Waals surface area (Å²) in [5.41, 5.74) is 3.79. The van der Waals surface area contributed by atoms with Gasteiger partial charge in [-0.05, 0) is 19.4 Å². The van der Waals surface area contributed by atoms with E-state index in [4.69, 9.17) is 4.74 Å². The lowest BCUT2D eigenvalue weighted by atomic mass is 10.1. The summed E-state index contributed by atoms with van der Waals surface area (Å²) in [6.45, 7) is 5.12. The molecule has 0 unspecified atom stereocenters. The minimum atomic E-state index is 0.825. The second kappa shape index (κ2) is 6.69. The van der Waals surface area contributed by atoms with Crippen LogP contribution < -0.4 is 10.1 Å². The molecular weight excluding hydrogens is 288 g/mol. The highest BCUT2D eigenvalue weighted by Crippen LogP contribution is 2.32. The number of hydrogen-bond donors (Lipinski definition) is 1. The highest BCUT2D eigenvalue weighted by atomic mass is 16.5. The zero-order valence-electron chi connectivity index (χ0n) is 13.8. The fraction of sp³-hybridized carbons (Fsp3) is 0.333. The zero-order valence-corrected chi connectivity index (χ0v) is 13.8. The third-order valence-corrected chi connectivity index (χ3v) is 3.83. The lowest BCUT2D eigenvalue weighted by Crippen LogP contribution is -2.08. The number of aryl methyl sites for hydroxylation is 1. The summed E-state index contributed by atoms with van der Waals surface area (Å²) in [5.74, 6) is 1.80. The molecule has 5 nitrogen and oxygen atoms in total. The number of methoxy groups -OCH3 is 1. The van der Waals surface area contributed by atoms with Gasteiger partial charge in [0.25, 0.3) is 0 Å². The van der Waals surface area contributed by atoms with Crippen LogP contribution in [0.1, 0.15) is 25.5 Å². The number of nitrogens with one attached hydrogen (secondary N) is 1. The summed E-state index contributed by atoms with van der Waals surface area (Å²) in [4.78, 5) is 4.68. The molecule has 1 aromatic carbocycles. The van der Waals surface area contributed by atoms with E-state index in [1.807, 2.05) is 48.0 Å². The third kappa shape index (κ3) is 2.99. The molecule has 0 radical (unpaired) electrons. The van der Waals surface area contributed by atoms with Crippen LogP contribution in [0, 0.1) is 6.92 Å². The summed E-state index contributed by atoms with van der Waals surface area (Å²) in [5, 5.41) is 7.98. The van der Waals surface area contributed by atoms with Gasteiger partial charge in [-0.3, -0.25) is 0 Å². The molecule has 0 bridgehead atoms. The van der Waals surface area contributed by atoms with Crippen LogP contribution in [0.25, 0.3) is 16.8 Å². The van der Waals surface area contributed by atoms with Gasteiger partial charge in [-0.15, -0.1) is 0 Å². The molecule has 120 valence electrons. The van der Waals surface area contributed by atoms with Crippen molar-refractivity contribution in [2.45, 2.75) is 26.7 Å². The van der Waals surface area contributed by atoms with Crippen molar-refractivity contribution in [3.8, 4) is 16.9 Å². The summed E-state index contributed by atoms with van der Waals surface area (Å²) in [6, 6.07) is 9.97. The van der Waals surface area contributed by atoms with Gasteiger partial charge in [-0.2, -0.15) is 9.61 Å². The van der Waals surface area contributed by atoms with E-state index in [0.29, 0.717) is 0 Å². The average molecular weight is 310 g/mol. The molecule has 0 aliphatic rings. The monoisotopic (exact) mass is 310 g/mol. The minimum absolute atomic E-state index is 0.825. The van der Waals surface area contributed by atoms with Crippen LogP contribution in [0.5, 0.6) is 5.75 Å². The zero-order chi connectivity index (χ0) is 16.2. The Hall–Kier alpha value is -2.56. The lowest BCUT2D eigenvalue weighted by Gasteiger charge is -2.10. The summed E-state index contributed by atoms with van der Waals surface area (Å²) >= 11 is 0. The molecule has 3 rings (SSSR count). The number of para-hydroxylation sites is 1. The van der Waals surface area contributed by atoms with Crippen LogP contribution in [-0.4, -0.2) is 28.3 Å². The highest BCUT2D eigenvalue weighted by molar-refractivity contribution is 5.82. The maximum atomic E-state index is 5.48. The number of anilines is 1. The van der Waals surface area contributed by atoms with Crippen LogP contribution in [0.3, 0.4) is 0 Å². The van der Waals surface area contributed by atoms with Crippen LogP contribution >= 0.6 is 0 Å². The van der Waals surface area contributed by atoms with Crippen molar-refractivity contribution in [1.82, 2.24) is 14.6 Å². The van der Waals surface area contributed by atoms with Gasteiger partial charge in [0, 0.05) is 23.9 Å². The number of ether oxygens (including phenoxy) is 1. The maximum Gasteiger partial charge on any atom is 0.165 e. The third-order valence-electron chi connectivity index (χ3n) is 3.83. The van der Waals surface area contributed by atoms with E-state index in [1.54, 1.807) is 7.11 Å². The van der Waals surface area contributed by atoms with Crippen LogP contribution in [0.2, 0.25) is 0 Å². The second-order valence-electron chi connectivity index (χ2n) is 5.56. The molecule has 23 heavy (non-hydrogen) atoms. The van der Waals surface area contributed by atoms with Crippen molar-refractivity contribution < 1.29 is 4.74 Å². The van der Waals surface area contributed by atoms with Gasteiger partial charge < -0.3 is 10.1 Å². The predicted octanol–water partition coefficient (Wildman–Crippen LogP) is 3.93. The quantitative estimate of drug-likeness (QED) is 0.701. The number of benzene rings is 1. The average Bonchev–Trinajstić information content (AvgIpc) is 2.98. The maximum absolute atomic E-state index is 5.48. The number of hydrogen-bond acceptors (Lipinski definition) is 4. The van der Waals surface area contributed by atoms with Gasteiger partial charge in [-0.1, -0.05) is 31.5 Å². The Balaban J connectivity index is 2.10. The molecule has 0 aliphatic carbocycles. The van der Waals surface area contributed by atoms with E-state index in [9.17, 15) is 0 Å². The molecular formula is C18H22N4O. The van der Waals surface area contributed by atoms with Crippen molar-refractivity contribution in [3.05, 3.63) is 42.2 Å². The number of aromatic nitrogens is 3. The van der Waals surface area contributed by atoms with Crippen LogP contribution in [-0.2, 0) is 0 Å². The first-order valence-electron chi connectivity index (χ1n) is 7.97. The van der Waals surface area contributed by atoms with Gasteiger partial charge in [-0.25, -0.2) is 4.98 Å². The Bertz CT molecular complexity index is 810. The van der Waals surface area contributed by atoms with Gasteiger partial charge in [0.05, 0.1) is 18.9 Å². The molecule has 2 heterocycles. The molecule has 1 N–H and O–H groups in total. The lowest BCUT2D eigenvalue weighted by molar-refractivity contribution is 0.416. The van der Waals surface area contributed by atoms with E-state index < -0.39 is 0 Å².